The minimum absolute atomic E-state index is 0.438. The number of nitrogen functional groups attached to an aromatic ring is 1. The van der Waals surface area contributed by atoms with Crippen molar-refractivity contribution in [1.29, 1.82) is 0 Å². The fraction of sp³-hybridized carbons (Fsp3) is 0.838. The highest BCUT2D eigenvalue weighted by Gasteiger charge is 1.99. The fourth-order valence-electron chi connectivity index (χ4n) is 4.15. The van der Waals surface area contributed by atoms with Crippen LogP contribution in [0.25, 0.3) is 0 Å². The summed E-state index contributed by atoms with van der Waals surface area (Å²) in [7, 11) is 0. The van der Waals surface area contributed by atoms with Gasteiger partial charge in [0.05, 0.1) is 158 Å². The van der Waals surface area contributed by atoms with E-state index in [0.717, 1.165) is 13.0 Å². The Hall–Kier alpha value is -1.66. The lowest BCUT2D eigenvalue weighted by Crippen LogP contribution is -2.15. The van der Waals surface area contributed by atoms with Crippen LogP contribution in [0.3, 0.4) is 0 Å². The van der Waals surface area contributed by atoms with Gasteiger partial charge < -0.3 is 67.3 Å². The Morgan fingerprint density at radius 1 is 0.333 bits per heavy atom. The van der Waals surface area contributed by atoms with Crippen molar-refractivity contribution >= 4 is 5.69 Å². The van der Waals surface area contributed by atoms with Crippen LogP contribution in [0.5, 0.6) is 5.75 Å². The van der Waals surface area contributed by atoms with Crippen molar-refractivity contribution in [2.45, 2.75) is 39.0 Å². The zero-order valence-corrected chi connectivity index (χ0v) is 31.4. The molecule has 0 aliphatic rings. The molecule has 300 valence electrons. The highest BCUT2D eigenvalue weighted by Crippen LogP contribution is 2.19. The fourth-order valence-corrected chi connectivity index (χ4v) is 4.15. The number of rotatable bonds is 43. The molecular formula is C37H69NO13. The third kappa shape index (κ3) is 36.5. The van der Waals surface area contributed by atoms with Crippen molar-refractivity contribution in [2.24, 2.45) is 0 Å². The third-order valence-electron chi connectivity index (χ3n) is 6.89. The van der Waals surface area contributed by atoms with Gasteiger partial charge in [0.25, 0.3) is 0 Å². The number of para-hydroxylation sites is 2. The van der Waals surface area contributed by atoms with Gasteiger partial charge in [-0.1, -0.05) is 44.7 Å². The number of hydrogen-bond acceptors (Lipinski definition) is 14. The highest BCUT2D eigenvalue weighted by molar-refractivity contribution is 5.51. The second-order valence-corrected chi connectivity index (χ2v) is 11.1. The predicted octanol–water partition coefficient (Wildman–Crippen LogP) is 3.82. The zero-order chi connectivity index (χ0) is 36.4. The van der Waals surface area contributed by atoms with Crippen molar-refractivity contribution in [3.63, 3.8) is 0 Å². The van der Waals surface area contributed by atoms with Crippen LogP contribution in [0.4, 0.5) is 5.69 Å². The van der Waals surface area contributed by atoms with Gasteiger partial charge >= 0.3 is 0 Å². The van der Waals surface area contributed by atoms with Gasteiger partial charge in [-0.25, -0.2) is 0 Å². The molecule has 0 unspecified atom stereocenters. The summed E-state index contributed by atoms with van der Waals surface area (Å²) in [4.78, 5) is 0. The Kier molecular flexibility index (Phi) is 38.2. The monoisotopic (exact) mass is 735 g/mol. The molecule has 0 amide bonds. The van der Waals surface area contributed by atoms with Gasteiger partial charge in [0, 0.05) is 6.61 Å². The molecule has 0 spiro atoms. The average molecular weight is 736 g/mol. The van der Waals surface area contributed by atoms with Crippen LogP contribution < -0.4 is 10.5 Å². The first kappa shape index (κ1) is 47.4. The van der Waals surface area contributed by atoms with E-state index >= 15 is 0 Å². The molecule has 14 heteroatoms. The second-order valence-electron chi connectivity index (χ2n) is 11.1. The average Bonchev–Trinajstić information content (AvgIpc) is 3.14. The van der Waals surface area contributed by atoms with Crippen LogP contribution in [0.1, 0.15) is 39.0 Å². The van der Waals surface area contributed by atoms with Gasteiger partial charge in [-0.15, -0.1) is 0 Å². The standard InChI is InChI=1S/C37H69NO13/c1-2-3-4-5-8-11-39-12-13-40-14-15-41-16-17-42-18-19-43-20-21-44-22-23-45-24-25-46-26-27-47-28-29-48-30-31-49-32-33-50-34-35-51-37-10-7-6-9-36(37)38/h6-7,9-10H,2-5,8,11-35,38H2,1H3. The van der Waals surface area contributed by atoms with Gasteiger partial charge in [0.15, 0.2) is 0 Å². The molecule has 0 aliphatic carbocycles. The molecule has 2 N–H and O–H groups in total. The number of hydrogen-bond donors (Lipinski definition) is 1. The van der Waals surface area contributed by atoms with Crippen molar-refractivity contribution in [3.05, 3.63) is 24.3 Å². The summed E-state index contributed by atoms with van der Waals surface area (Å²) in [6, 6.07) is 7.38. The minimum Gasteiger partial charge on any atom is -0.489 e. The molecule has 0 saturated carbocycles. The van der Waals surface area contributed by atoms with Crippen LogP contribution in [0.15, 0.2) is 24.3 Å². The molecule has 0 saturated heterocycles. The van der Waals surface area contributed by atoms with E-state index in [1.54, 1.807) is 6.07 Å². The largest absolute Gasteiger partial charge is 0.489 e. The molecule has 1 aromatic carbocycles. The van der Waals surface area contributed by atoms with E-state index in [9.17, 15) is 0 Å². The number of unbranched alkanes of at least 4 members (excludes halogenated alkanes) is 4. The Balaban J connectivity index is 1.61. The Labute approximate surface area is 307 Å². The van der Waals surface area contributed by atoms with Crippen molar-refractivity contribution < 1.29 is 61.6 Å². The molecule has 0 fully saturated rings. The maximum atomic E-state index is 5.82. The molecule has 14 nitrogen and oxygen atoms in total. The first-order valence-electron chi connectivity index (χ1n) is 18.7. The molecule has 0 aromatic heterocycles. The first-order chi connectivity index (χ1) is 25.3. The maximum Gasteiger partial charge on any atom is 0.142 e. The molecule has 0 radical (unpaired) electrons. The Morgan fingerprint density at radius 2 is 0.608 bits per heavy atom. The lowest BCUT2D eigenvalue weighted by molar-refractivity contribution is -0.0285. The van der Waals surface area contributed by atoms with Crippen LogP contribution in [-0.4, -0.2) is 165 Å². The van der Waals surface area contributed by atoms with Crippen molar-refractivity contribution in [3.8, 4) is 5.75 Å². The van der Waals surface area contributed by atoms with Gasteiger partial charge in [-0.05, 0) is 18.6 Å². The van der Waals surface area contributed by atoms with Gasteiger partial charge in [0.2, 0.25) is 0 Å². The van der Waals surface area contributed by atoms with Crippen molar-refractivity contribution in [2.75, 3.05) is 171 Å². The van der Waals surface area contributed by atoms with Gasteiger partial charge in [-0.2, -0.15) is 0 Å². The van der Waals surface area contributed by atoms with Gasteiger partial charge in [-0.3, -0.25) is 0 Å². The van der Waals surface area contributed by atoms with Crippen LogP contribution in [-0.2, 0) is 56.8 Å². The van der Waals surface area contributed by atoms with E-state index in [0.29, 0.717) is 170 Å². The van der Waals surface area contributed by atoms with E-state index in [2.05, 4.69) is 6.92 Å². The Morgan fingerprint density at radius 3 is 0.922 bits per heavy atom. The molecule has 0 atom stereocenters. The number of anilines is 1. The number of benzene rings is 1. The van der Waals surface area contributed by atoms with Gasteiger partial charge in [0.1, 0.15) is 12.4 Å². The number of nitrogens with two attached hydrogens (primary N) is 1. The van der Waals surface area contributed by atoms with Crippen LogP contribution in [0, 0.1) is 0 Å². The molecule has 1 aromatic rings. The minimum atomic E-state index is 0.438. The zero-order valence-electron chi connectivity index (χ0n) is 31.4. The Bertz CT molecular complexity index is 811. The smallest absolute Gasteiger partial charge is 0.142 e. The third-order valence-corrected chi connectivity index (χ3v) is 6.89. The molecule has 0 bridgehead atoms. The quantitative estimate of drug-likeness (QED) is 0.0766. The van der Waals surface area contributed by atoms with E-state index in [1.807, 2.05) is 18.2 Å². The second kappa shape index (κ2) is 41.1. The topological polar surface area (TPSA) is 146 Å². The molecule has 0 aliphatic heterocycles. The van der Waals surface area contributed by atoms with E-state index in [-0.39, 0.29) is 0 Å². The molecular weight excluding hydrogens is 666 g/mol. The summed E-state index contributed by atoms with van der Waals surface area (Å²) in [6.07, 6.45) is 6.27. The van der Waals surface area contributed by atoms with Crippen LogP contribution in [0.2, 0.25) is 0 Å². The summed E-state index contributed by atoms with van der Waals surface area (Å²) in [6.45, 7) is 15.5. The lowest BCUT2D eigenvalue weighted by Gasteiger charge is -2.10. The molecule has 1 rings (SSSR count). The normalized spacial score (nSPS) is 11.5. The lowest BCUT2D eigenvalue weighted by atomic mass is 10.2. The van der Waals surface area contributed by atoms with Crippen LogP contribution >= 0.6 is 0 Å². The summed E-state index contributed by atoms with van der Waals surface area (Å²) in [5, 5.41) is 0. The summed E-state index contributed by atoms with van der Waals surface area (Å²) >= 11 is 0. The van der Waals surface area contributed by atoms with E-state index in [4.69, 9.17) is 67.3 Å². The molecule has 51 heavy (non-hydrogen) atoms. The van der Waals surface area contributed by atoms with Crippen molar-refractivity contribution in [1.82, 2.24) is 0 Å². The summed E-state index contributed by atoms with van der Waals surface area (Å²) in [5.74, 6) is 0.669. The summed E-state index contributed by atoms with van der Waals surface area (Å²) in [5.41, 5.74) is 6.44. The predicted molar refractivity (Wildman–Crippen MR) is 195 cm³/mol. The SMILES string of the molecule is CCCCCCCOCCOCCOCCOCCOCCOCCOCCOCCOCCOCCOCCOCCOc1ccccc1N. The first-order valence-corrected chi connectivity index (χ1v) is 18.7. The van der Waals surface area contributed by atoms with E-state index in [1.165, 1.54) is 25.7 Å². The molecule has 0 heterocycles. The maximum absolute atomic E-state index is 5.82. The van der Waals surface area contributed by atoms with E-state index < -0.39 is 0 Å². The number of ether oxygens (including phenoxy) is 13. The summed E-state index contributed by atoms with van der Waals surface area (Å²) < 4.78 is 71.6. The highest BCUT2D eigenvalue weighted by atomic mass is 16.6.